The van der Waals surface area contributed by atoms with Gasteiger partial charge in [-0.2, -0.15) is 0 Å². The summed E-state index contributed by atoms with van der Waals surface area (Å²) >= 11 is 0. The van der Waals surface area contributed by atoms with Gasteiger partial charge in [-0.1, -0.05) is 31.5 Å². The van der Waals surface area contributed by atoms with Gasteiger partial charge in [0, 0.05) is 6.04 Å². The standard InChI is InChI=1S/C17H25NO2/c1-13-4-6-15(7-5-13)20-11-9-16(19)18-14-8-10-17(2,3)12-14/h4-7,14H,8-12H2,1-3H3,(H,18,19). The number of carbonyl (C=O) groups is 1. The lowest BCUT2D eigenvalue weighted by molar-refractivity contribution is -0.122. The van der Waals surface area contributed by atoms with Gasteiger partial charge in [0.15, 0.2) is 0 Å². The van der Waals surface area contributed by atoms with Gasteiger partial charge < -0.3 is 10.1 Å². The minimum Gasteiger partial charge on any atom is -0.493 e. The molecule has 0 spiro atoms. The fourth-order valence-corrected chi connectivity index (χ4v) is 2.76. The van der Waals surface area contributed by atoms with Crippen LogP contribution in [-0.4, -0.2) is 18.6 Å². The number of nitrogens with one attached hydrogen (secondary N) is 1. The molecule has 1 fully saturated rings. The van der Waals surface area contributed by atoms with Gasteiger partial charge in [-0.05, 0) is 43.7 Å². The molecule has 20 heavy (non-hydrogen) atoms. The Balaban J connectivity index is 1.67. The Kier molecular flexibility index (Phi) is 4.69. The Labute approximate surface area is 121 Å². The number of amides is 1. The smallest absolute Gasteiger partial charge is 0.223 e. The third-order valence-corrected chi connectivity index (χ3v) is 3.95. The van der Waals surface area contributed by atoms with Crippen LogP contribution in [0, 0.1) is 12.3 Å². The topological polar surface area (TPSA) is 38.3 Å². The molecule has 1 aromatic carbocycles. The molecule has 3 heteroatoms. The van der Waals surface area contributed by atoms with Gasteiger partial charge in [-0.3, -0.25) is 4.79 Å². The highest BCUT2D eigenvalue weighted by molar-refractivity contribution is 5.76. The summed E-state index contributed by atoms with van der Waals surface area (Å²) in [6.45, 7) is 7.00. The Morgan fingerprint density at radius 1 is 1.35 bits per heavy atom. The molecular formula is C17H25NO2. The first-order valence-corrected chi connectivity index (χ1v) is 7.43. The van der Waals surface area contributed by atoms with Gasteiger partial charge in [-0.15, -0.1) is 0 Å². The maximum absolute atomic E-state index is 11.9. The number of ether oxygens (including phenoxy) is 1. The predicted octanol–water partition coefficient (Wildman–Crippen LogP) is 3.46. The van der Waals surface area contributed by atoms with Crippen LogP contribution in [-0.2, 0) is 4.79 Å². The van der Waals surface area contributed by atoms with Crippen molar-refractivity contribution in [2.75, 3.05) is 6.61 Å². The molecule has 0 heterocycles. The van der Waals surface area contributed by atoms with Crippen molar-refractivity contribution in [3.63, 3.8) is 0 Å². The molecule has 1 unspecified atom stereocenters. The van der Waals surface area contributed by atoms with E-state index in [4.69, 9.17) is 4.74 Å². The first-order valence-electron chi connectivity index (χ1n) is 7.43. The Morgan fingerprint density at radius 2 is 2.05 bits per heavy atom. The van der Waals surface area contributed by atoms with E-state index < -0.39 is 0 Å². The number of hydrogen-bond donors (Lipinski definition) is 1. The van der Waals surface area contributed by atoms with Gasteiger partial charge >= 0.3 is 0 Å². The molecule has 0 aromatic heterocycles. The van der Waals surface area contributed by atoms with E-state index in [0.717, 1.165) is 18.6 Å². The summed E-state index contributed by atoms with van der Waals surface area (Å²) in [7, 11) is 0. The summed E-state index contributed by atoms with van der Waals surface area (Å²) in [6.07, 6.45) is 3.79. The highest BCUT2D eigenvalue weighted by Gasteiger charge is 2.31. The highest BCUT2D eigenvalue weighted by Crippen LogP contribution is 2.36. The third-order valence-electron chi connectivity index (χ3n) is 3.95. The van der Waals surface area contributed by atoms with Crippen LogP contribution in [0.4, 0.5) is 0 Å². The van der Waals surface area contributed by atoms with E-state index >= 15 is 0 Å². The zero-order valence-corrected chi connectivity index (χ0v) is 12.7. The fourth-order valence-electron chi connectivity index (χ4n) is 2.76. The second-order valence-corrected chi connectivity index (χ2v) is 6.58. The second-order valence-electron chi connectivity index (χ2n) is 6.58. The van der Waals surface area contributed by atoms with Crippen molar-refractivity contribution in [1.29, 1.82) is 0 Å². The SMILES string of the molecule is Cc1ccc(OCCC(=O)NC2CCC(C)(C)C2)cc1. The van der Waals surface area contributed by atoms with E-state index in [-0.39, 0.29) is 5.91 Å². The summed E-state index contributed by atoms with van der Waals surface area (Å²) in [4.78, 5) is 11.9. The molecule has 2 rings (SSSR count). The minimum atomic E-state index is 0.0970. The molecule has 0 aliphatic heterocycles. The lowest BCUT2D eigenvalue weighted by atomic mass is 9.92. The molecule has 0 bridgehead atoms. The maximum Gasteiger partial charge on any atom is 0.223 e. The number of hydrogen-bond acceptors (Lipinski definition) is 2. The van der Waals surface area contributed by atoms with Crippen LogP contribution in [0.25, 0.3) is 0 Å². The molecule has 1 atom stereocenters. The van der Waals surface area contributed by atoms with Crippen LogP contribution in [0.1, 0.15) is 45.1 Å². The van der Waals surface area contributed by atoms with Crippen molar-refractivity contribution in [3.05, 3.63) is 29.8 Å². The molecular weight excluding hydrogens is 250 g/mol. The molecule has 0 saturated heterocycles. The lowest BCUT2D eigenvalue weighted by Crippen LogP contribution is -2.34. The summed E-state index contributed by atoms with van der Waals surface area (Å²) < 4.78 is 5.58. The van der Waals surface area contributed by atoms with E-state index in [1.807, 2.05) is 31.2 Å². The van der Waals surface area contributed by atoms with E-state index in [2.05, 4.69) is 19.2 Å². The molecule has 1 aromatic rings. The normalized spacial score (nSPS) is 20.6. The first kappa shape index (κ1) is 14.9. The highest BCUT2D eigenvalue weighted by atomic mass is 16.5. The summed E-state index contributed by atoms with van der Waals surface area (Å²) in [6, 6.07) is 8.24. The first-order chi connectivity index (χ1) is 9.44. The lowest BCUT2D eigenvalue weighted by Gasteiger charge is -2.17. The Hall–Kier alpha value is -1.51. The van der Waals surface area contributed by atoms with Crippen LogP contribution in [0.3, 0.4) is 0 Å². The molecule has 1 saturated carbocycles. The quantitative estimate of drug-likeness (QED) is 0.893. The zero-order valence-electron chi connectivity index (χ0n) is 12.7. The van der Waals surface area contributed by atoms with Crippen molar-refractivity contribution >= 4 is 5.91 Å². The predicted molar refractivity (Wildman–Crippen MR) is 80.9 cm³/mol. The van der Waals surface area contributed by atoms with Crippen LogP contribution in [0.2, 0.25) is 0 Å². The number of carbonyl (C=O) groups excluding carboxylic acids is 1. The van der Waals surface area contributed by atoms with Crippen LogP contribution in [0.15, 0.2) is 24.3 Å². The van der Waals surface area contributed by atoms with Crippen LogP contribution < -0.4 is 10.1 Å². The van der Waals surface area contributed by atoms with Gasteiger partial charge in [0.1, 0.15) is 5.75 Å². The van der Waals surface area contributed by atoms with Gasteiger partial charge in [-0.25, -0.2) is 0 Å². The summed E-state index contributed by atoms with van der Waals surface area (Å²) in [5.74, 6) is 0.921. The third kappa shape index (κ3) is 4.55. The average Bonchev–Trinajstić information content (AvgIpc) is 2.71. The van der Waals surface area contributed by atoms with E-state index in [1.54, 1.807) is 0 Å². The summed E-state index contributed by atoms with van der Waals surface area (Å²) in [5.41, 5.74) is 1.58. The molecule has 3 nitrogen and oxygen atoms in total. The Morgan fingerprint density at radius 3 is 2.65 bits per heavy atom. The van der Waals surface area contributed by atoms with Crippen LogP contribution in [0.5, 0.6) is 5.75 Å². The average molecular weight is 275 g/mol. The summed E-state index contributed by atoms with van der Waals surface area (Å²) in [5, 5.41) is 3.11. The largest absolute Gasteiger partial charge is 0.493 e. The maximum atomic E-state index is 11.9. The van der Waals surface area contributed by atoms with Crippen LogP contribution >= 0.6 is 0 Å². The van der Waals surface area contributed by atoms with E-state index in [1.165, 1.54) is 12.0 Å². The number of benzene rings is 1. The van der Waals surface area contributed by atoms with Crippen molar-refractivity contribution in [3.8, 4) is 5.75 Å². The van der Waals surface area contributed by atoms with Crippen molar-refractivity contribution in [2.45, 2.75) is 52.5 Å². The number of rotatable bonds is 5. The van der Waals surface area contributed by atoms with E-state index in [9.17, 15) is 4.79 Å². The number of aryl methyl sites for hydroxylation is 1. The minimum absolute atomic E-state index is 0.0970. The van der Waals surface area contributed by atoms with Crippen molar-refractivity contribution < 1.29 is 9.53 Å². The molecule has 1 aliphatic carbocycles. The van der Waals surface area contributed by atoms with Gasteiger partial charge in [0.25, 0.3) is 0 Å². The van der Waals surface area contributed by atoms with Gasteiger partial charge in [0.2, 0.25) is 5.91 Å². The van der Waals surface area contributed by atoms with Crippen molar-refractivity contribution in [1.82, 2.24) is 5.32 Å². The van der Waals surface area contributed by atoms with E-state index in [0.29, 0.717) is 24.5 Å². The van der Waals surface area contributed by atoms with Gasteiger partial charge in [0.05, 0.1) is 13.0 Å². The molecule has 1 N–H and O–H groups in total. The van der Waals surface area contributed by atoms with Crippen molar-refractivity contribution in [2.24, 2.45) is 5.41 Å². The monoisotopic (exact) mass is 275 g/mol. The molecule has 1 amide bonds. The molecule has 110 valence electrons. The molecule has 1 aliphatic rings. The molecule has 0 radical (unpaired) electrons. The Bertz CT molecular complexity index is 451. The zero-order chi connectivity index (χ0) is 14.6. The fraction of sp³-hybridized carbons (Fsp3) is 0.588. The second kappa shape index (κ2) is 6.29.